The van der Waals surface area contributed by atoms with Gasteiger partial charge in [-0.1, -0.05) is 12.1 Å². The topological polar surface area (TPSA) is 101 Å². The van der Waals surface area contributed by atoms with Gasteiger partial charge in [0.05, 0.1) is 19.9 Å². The monoisotopic (exact) mass is 705 g/mol. The molecule has 0 aliphatic rings. The van der Waals surface area contributed by atoms with Gasteiger partial charge in [0.1, 0.15) is 0 Å². The summed E-state index contributed by atoms with van der Waals surface area (Å²) in [7, 11) is 0. The van der Waals surface area contributed by atoms with Crippen LogP contribution in [0.4, 0.5) is 17.1 Å². The molecule has 2 amide bonds. The standard InChI is InChI=1S/C17H14I3N3O4/c1-7-4-5-10(6-11(7)23(26)27)12-13(18)16(21-8(2)24)15(20)17(14(12)19)22-9(3)25/h4-6H,1-3H3,(H,21,24)(H,22,25). The molecule has 2 aromatic rings. The number of aryl methyl sites for hydroxylation is 1. The lowest BCUT2D eigenvalue weighted by Crippen LogP contribution is -2.15. The molecule has 7 nitrogen and oxygen atoms in total. The Morgan fingerprint density at radius 2 is 1.44 bits per heavy atom. The molecule has 0 spiro atoms. The summed E-state index contributed by atoms with van der Waals surface area (Å²) in [5, 5.41) is 16.9. The highest BCUT2D eigenvalue weighted by molar-refractivity contribution is 14.1. The number of anilines is 2. The van der Waals surface area contributed by atoms with Gasteiger partial charge in [0.2, 0.25) is 11.8 Å². The van der Waals surface area contributed by atoms with Crippen LogP contribution in [0.25, 0.3) is 11.1 Å². The molecular weight excluding hydrogens is 691 g/mol. The van der Waals surface area contributed by atoms with Crippen molar-refractivity contribution in [2.24, 2.45) is 0 Å². The summed E-state index contributed by atoms with van der Waals surface area (Å²) in [5.41, 5.74) is 3.04. The van der Waals surface area contributed by atoms with E-state index < -0.39 is 4.92 Å². The molecule has 0 saturated heterocycles. The summed E-state index contributed by atoms with van der Waals surface area (Å²) in [6.07, 6.45) is 0. The summed E-state index contributed by atoms with van der Waals surface area (Å²) in [6.45, 7) is 4.48. The number of carbonyl (C=O) groups is 2. The minimum absolute atomic E-state index is 0.0137. The quantitative estimate of drug-likeness (QED) is 0.256. The summed E-state index contributed by atoms with van der Waals surface area (Å²) < 4.78 is 2.17. The molecule has 0 bridgehead atoms. The molecule has 0 aliphatic heterocycles. The molecule has 27 heavy (non-hydrogen) atoms. The van der Waals surface area contributed by atoms with Gasteiger partial charge in [-0.05, 0) is 80.3 Å². The zero-order valence-corrected chi connectivity index (χ0v) is 20.9. The van der Waals surface area contributed by atoms with E-state index in [9.17, 15) is 19.7 Å². The van der Waals surface area contributed by atoms with E-state index >= 15 is 0 Å². The minimum atomic E-state index is -0.422. The van der Waals surface area contributed by atoms with Crippen LogP contribution in [0.1, 0.15) is 19.4 Å². The first-order chi connectivity index (χ1) is 12.5. The predicted molar refractivity (Wildman–Crippen MR) is 130 cm³/mol. The Balaban J connectivity index is 2.86. The van der Waals surface area contributed by atoms with Crippen molar-refractivity contribution in [3.8, 4) is 11.1 Å². The molecule has 0 aliphatic carbocycles. The Morgan fingerprint density at radius 3 is 1.85 bits per heavy atom. The van der Waals surface area contributed by atoms with E-state index in [0.717, 1.165) is 7.14 Å². The second-order valence-corrected chi connectivity index (χ2v) is 8.92. The van der Waals surface area contributed by atoms with Crippen LogP contribution in [0.3, 0.4) is 0 Å². The third-order valence-electron chi connectivity index (χ3n) is 3.61. The number of nitro groups is 1. The number of nitro benzene ring substituents is 1. The molecule has 10 heteroatoms. The molecule has 0 atom stereocenters. The Kier molecular flexibility index (Phi) is 7.40. The molecular formula is C17H14I3N3O4. The smallest absolute Gasteiger partial charge is 0.272 e. The number of nitrogens with zero attached hydrogens (tertiary/aromatic N) is 1. The maximum Gasteiger partial charge on any atom is 0.272 e. The first-order valence-electron chi connectivity index (χ1n) is 7.55. The normalized spacial score (nSPS) is 10.4. The molecule has 142 valence electrons. The Labute approximate surface area is 196 Å². The first kappa shape index (κ1) is 22.3. The van der Waals surface area contributed by atoms with Gasteiger partial charge in [-0.15, -0.1) is 0 Å². The lowest BCUT2D eigenvalue weighted by Gasteiger charge is -2.20. The first-order valence-corrected chi connectivity index (χ1v) is 10.8. The van der Waals surface area contributed by atoms with E-state index in [1.807, 2.05) is 0 Å². The van der Waals surface area contributed by atoms with Gasteiger partial charge in [-0.2, -0.15) is 0 Å². The molecule has 0 saturated carbocycles. The minimum Gasteiger partial charge on any atom is -0.324 e. The molecule has 0 heterocycles. The zero-order chi connectivity index (χ0) is 20.5. The van der Waals surface area contributed by atoms with Crippen LogP contribution in [-0.4, -0.2) is 16.7 Å². The number of hydrogen-bond acceptors (Lipinski definition) is 4. The Morgan fingerprint density at radius 1 is 0.963 bits per heavy atom. The van der Waals surface area contributed by atoms with Gasteiger partial charge in [0.15, 0.2) is 0 Å². The largest absolute Gasteiger partial charge is 0.324 e. The second kappa shape index (κ2) is 8.98. The summed E-state index contributed by atoms with van der Waals surface area (Å²) in [6, 6.07) is 4.99. The van der Waals surface area contributed by atoms with Gasteiger partial charge in [0, 0.05) is 38.2 Å². The number of amides is 2. The van der Waals surface area contributed by atoms with Gasteiger partial charge >= 0.3 is 0 Å². The van der Waals surface area contributed by atoms with E-state index in [-0.39, 0.29) is 17.5 Å². The van der Waals surface area contributed by atoms with Gasteiger partial charge in [-0.25, -0.2) is 0 Å². The summed E-state index contributed by atoms with van der Waals surface area (Å²) in [5.74, 6) is -0.497. The molecule has 0 fully saturated rings. The lowest BCUT2D eigenvalue weighted by atomic mass is 10.0. The number of halogens is 3. The van der Waals surface area contributed by atoms with E-state index in [0.29, 0.717) is 31.6 Å². The molecule has 2 aromatic carbocycles. The maximum atomic E-state index is 11.7. The molecule has 0 radical (unpaired) electrons. The fourth-order valence-electron chi connectivity index (χ4n) is 2.45. The second-order valence-electron chi connectivity index (χ2n) is 5.69. The van der Waals surface area contributed by atoms with Crippen LogP contribution in [0, 0.1) is 27.7 Å². The van der Waals surface area contributed by atoms with Crippen LogP contribution in [-0.2, 0) is 9.59 Å². The highest BCUT2D eigenvalue weighted by Crippen LogP contribution is 2.44. The number of benzene rings is 2. The zero-order valence-electron chi connectivity index (χ0n) is 14.4. The van der Waals surface area contributed by atoms with Crippen molar-refractivity contribution < 1.29 is 14.5 Å². The van der Waals surface area contributed by atoms with Crippen LogP contribution in [0.15, 0.2) is 18.2 Å². The van der Waals surface area contributed by atoms with Crippen molar-refractivity contribution in [1.82, 2.24) is 0 Å². The summed E-state index contributed by atoms with van der Waals surface area (Å²) >= 11 is 6.29. The van der Waals surface area contributed by atoms with Crippen LogP contribution in [0.2, 0.25) is 0 Å². The highest BCUT2D eigenvalue weighted by atomic mass is 127. The highest BCUT2D eigenvalue weighted by Gasteiger charge is 2.24. The van der Waals surface area contributed by atoms with Gasteiger partial charge < -0.3 is 10.6 Å². The van der Waals surface area contributed by atoms with Crippen LogP contribution < -0.4 is 10.6 Å². The van der Waals surface area contributed by atoms with E-state index in [1.165, 1.54) is 19.9 Å². The predicted octanol–water partition coefficient (Wildman–Crippen LogP) is 5.30. The van der Waals surface area contributed by atoms with Crippen molar-refractivity contribution in [2.75, 3.05) is 10.6 Å². The van der Waals surface area contributed by atoms with E-state index in [1.54, 1.807) is 19.1 Å². The number of hydrogen-bond donors (Lipinski definition) is 2. The van der Waals surface area contributed by atoms with Crippen molar-refractivity contribution in [3.63, 3.8) is 0 Å². The Bertz CT molecular complexity index is 933. The number of carbonyl (C=O) groups excluding carboxylic acids is 2. The number of rotatable bonds is 4. The van der Waals surface area contributed by atoms with Gasteiger partial charge in [-0.3, -0.25) is 19.7 Å². The fourth-order valence-corrected chi connectivity index (χ4v) is 6.78. The molecule has 0 aromatic heterocycles. The SMILES string of the molecule is CC(=O)Nc1c(I)c(NC(C)=O)c(I)c(-c2ccc(C)c([N+](=O)[O-])c2)c1I. The van der Waals surface area contributed by atoms with Crippen molar-refractivity contribution in [2.45, 2.75) is 20.8 Å². The van der Waals surface area contributed by atoms with Crippen LogP contribution >= 0.6 is 67.8 Å². The average molecular weight is 705 g/mol. The van der Waals surface area contributed by atoms with Gasteiger partial charge in [0.25, 0.3) is 5.69 Å². The molecule has 2 N–H and O–H groups in total. The van der Waals surface area contributed by atoms with E-state index in [4.69, 9.17) is 0 Å². The third kappa shape index (κ3) is 4.88. The fraction of sp³-hybridized carbons (Fsp3) is 0.176. The average Bonchev–Trinajstić information content (AvgIpc) is 2.56. The third-order valence-corrected chi connectivity index (χ3v) is 6.85. The van der Waals surface area contributed by atoms with Crippen molar-refractivity contribution >= 4 is 96.6 Å². The van der Waals surface area contributed by atoms with Crippen molar-refractivity contribution in [3.05, 3.63) is 44.6 Å². The van der Waals surface area contributed by atoms with Crippen LogP contribution in [0.5, 0.6) is 0 Å². The molecule has 2 rings (SSSR count). The van der Waals surface area contributed by atoms with E-state index in [2.05, 4.69) is 78.4 Å². The Hall–Kier alpha value is -1.03. The number of nitrogens with one attached hydrogen (secondary N) is 2. The summed E-state index contributed by atoms with van der Waals surface area (Å²) in [4.78, 5) is 34.3. The maximum absolute atomic E-state index is 11.7. The van der Waals surface area contributed by atoms with Crippen molar-refractivity contribution in [1.29, 1.82) is 0 Å². The molecule has 0 unspecified atom stereocenters. The lowest BCUT2D eigenvalue weighted by molar-refractivity contribution is -0.385.